The zero-order valence-corrected chi connectivity index (χ0v) is 16.1. The quantitative estimate of drug-likeness (QED) is 0.420. The van der Waals surface area contributed by atoms with Crippen molar-refractivity contribution in [2.24, 2.45) is 17.8 Å². The van der Waals surface area contributed by atoms with Gasteiger partial charge in [-0.1, -0.05) is 39.5 Å². The Bertz CT molecular complexity index is 365. The molecule has 0 aromatic carbocycles. The van der Waals surface area contributed by atoms with Crippen molar-refractivity contribution in [3.8, 4) is 0 Å². The fourth-order valence-corrected chi connectivity index (χ4v) is 4.77. The van der Waals surface area contributed by atoms with E-state index in [1.165, 1.54) is 0 Å². The van der Waals surface area contributed by atoms with Crippen molar-refractivity contribution in [2.75, 3.05) is 6.61 Å². The summed E-state index contributed by atoms with van der Waals surface area (Å²) in [6.45, 7) is 4.83. The molecule has 7 atom stereocenters. The van der Waals surface area contributed by atoms with Gasteiger partial charge in [0.05, 0.1) is 6.10 Å². The fraction of sp³-hybridized carbons (Fsp3) is 1.00. The molecule has 25 heavy (non-hydrogen) atoms. The highest BCUT2D eigenvalue weighted by Gasteiger charge is 2.45. The predicted molar refractivity (Wildman–Crippen MR) is 97.0 cm³/mol. The third-order valence-corrected chi connectivity index (χ3v) is 6.40. The van der Waals surface area contributed by atoms with E-state index in [0.717, 1.165) is 57.8 Å². The summed E-state index contributed by atoms with van der Waals surface area (Å²) in [5.41, 5.74) is 0. The minimum atomic E-state index is -1.41. The highest BCUT2D eigenvalue weighted by atomic mass is 19.2. The summed E-state index contributed by atoms with van der Waals surface area (Å²) in [4.78, 5) is 0. The molecular formula is C21H37F3O. The van der Waals surface area contributed by atoms with Crippen LogP contribution in [0.5, 0.6) is 0 Å². The van der Waals surface area contributed by atoms with Crippen LogP contribution in [0.2, 0.25) is 0 Å². The molecule has 0 aliphatic heterocycles. The van der Waals surface area contributed by atoms with E-state index in [1.807, 2.05) is 0 Å². The molecule has 0 radical (unpaired) electrons. The topological polar surface area (TPSA) is 9.23 Å². The monoisotopic (exact) mass is 362 g/mol. The van der Waals surface area contributed by atoms with E-state index < -0.39 is 18.5 Å². The van der Waals surface area contributed by atoms with Crippen LogP contribution in [0.15, 0.2) is 0 Å². The first-order valence-electron chi connectivity index (χ1n) is 10.6. The highest BCUT2D eigenvalue weighted by Crippen LogP contribution is 2.44. The van der Waals surface area contributed by atoms with Gasteiger partial charge in [0.25, 0.3) is 0 Å². The number of rotatable bonds is 9. The molecule has 4 heteroatoms. The van der Waals surface area contributed by atoms with Crippen LogP contribution in [-0.2, 0) is 4.74 Å². The molecule has 0 spiro atoms. The van der Waals surface area contributed by atoms with E-state index in [1.54, 1.807) is 0 Å². The van der Waals surface area contributed by atoms with Crippen molar-refractivity contribution >= 4 is 0 Å². The van der Waals surface area contributed by atoms with Crippen LogP contribution in [0.4, 0.5) is 13.2 Å². The van der Waals surface area contributed by atoms with Crippen LogP contribution in [0.25, 0.3) is 0 Å². The second-order valence-electron chi connectivity index (χ2n) is 8.24. The lowest BCUT2D eigenvalue weighted by molar-refractivity contribution is -0.0664. The van der Waals surface area contributed by atoms with Crippen LogP contribution in [0.3, 0.4) is 0 Å². The van der Waals surface area contributed by atoms with E-state index >= 15 is 0 Å². The van der Waals surface area contributed by atoms with Gasteiger partial charge in [-0.05, 0) is 62.7 Å². The number of hydrogen-bond acceptors (Lipinski definition) is 1. The maximum atomic E-state index is 14.7. The van der Waals surface area contributed by atoms with Crippen LogP contribution in [0.1, 0.15) is 84.5 Å². The number of halogens is 3. The zero-order chi connectivity index (χ0) is 18.2. The molecule has 0 aromatic heterocycles. The molecule has 2 rings (SSSR count). The lowest BCUT2D eigenvalue weighted by Crippen LogP contribution is -2.44. The van der Waals surface area contributed by atoms with E-state index in [4.69, 9.17) is 4.74 Å². The molecule has 0 N–H and O–H groups in total. The van der Waals surface area contributed by atoms with E-state index in [2.05, 4.69) is 13.8 Å². The lowest BCUT2D eigenvalue weighted by Gasteiger charge is -2.42. The Labute approximate surface area is 152 Å². The van der Waals surface area contributed by atoms with Crippen molar-refractivity contribution in [3.63, 3.8) is 0 Å². The van der Waals surface area contributed by atoms with Gasteiger partial charge in [0, 0.05) is 6.61 Å². The Kier molecular flexibility index (Phi) is 9.09. The highest BCUT2D eigenvalue weighted by molar-refractivity contribution is 4.94. The predicted octanol–water partition coefficient (Wildman–Crippen LogP) is 6.59. The molecular weight excluding hydrogens is 325 g/mol. The van der Waals surface area contributed by atoms with E-state index in [-0.39, 0.29) is 23.9 Å². The number of hydrogen-bond donors (Lipinski definition) is 0. The molecule has 0 aromatic rings. The molecule has 2 saturated carbocycles. The molecule has 0 heterocycles. The largest absolute Gasteiger partial charge is 0.375 e. The fourth-order valence-electron chi connectivity index (χ4n) is 4.77. The van der Waals surface area contributed by atoms with E-state index in [9.17, 15) is 13.2 Å². The summed E-state index contributed by atoms with van der Waals surface area (Å²) in [5.74, 6) is -0.455. The van der Waals surface area contributed by atoms with Gasteiger partial charge in [0.15, 0.2) is 0 Å². The summed E-state index contributed by atoms with van der Waals surface area (Å²) < 4.78 is 49.4. The van der Waals surface area contributed by atoms with Crippen molar-refractivity contribution in [3.05, 3.63) is 0 Å². The normalized spacial score (nSPS) is 39.5. The first-order chi connectivity index (χ1) is 12.1. The number of ether oxygens (including phenoxy) is 1. The summed E-state index contributed by atoms with van der Waals surface area (Å²) in [5, 5.41) is 0. The maximum Gasteiger partial charge on any atom is 0.134 e. The van der Waals surface area contributed by atoms with Crippen LogP contribution in [-0.4, -0.2) is 31.2 Å². The van der Waals surface area contributed by atoms with Crippen LogP contribution >= 0.6 is 0 Å². The summed E-state index contributed by atoms with van der Waals surface area (Å²) in [7, 11) is 0. The first kappa shape index (κ1) is 21.1. The number of unbranched alkanes of at least 4 members (excludes halogenated alkanes) is 3. The van der Waals surface area contributed by atoms with Crippen molar-refractivity contribution in [1.29, 1.82) is 0 Å². The van der Waals surface area contributed by atoms with Gasteiger partial charge >= 0.3 is 0 Å². The van der Waals surface area contributed by atoms with Crippen LogP contribution in [0, 0.1) is 17.8 Å². The summed E-state index contributed by atoms with van der Waals surface area (Å²) in [6, 6.07) is 0. The molecule has 148 valence electrons. The van der Waals surface area contributed by atoms with Crippen molar-refractivity contribution in [2.45, 2.75) is 109 Å². The third kappa shape index (κ3) is 5.87. The zero-order valence-electron chi connectivity index (χ0n) is 16.1. The van der Waals surface area contributed by atoms with Gasteiger partial charge < -0.3 is 4.74 Å². The minimum absolute atomic E-state index is 0.0223. The van der Waals surface area contributed by atoms with Crippen molar-refractivity contribution < 1.29 is 17.9 Å². The second kappa shape index (κ2) is 10.8. The smallest absolute Gasteiger partial charge is 0.134 e. The van der Waals surface area contributed by atoms with Gasteiger partial charge in [-0.15, -0.1) is 0 Å². The average Bonchev–Trinajstić information content (AvgIpc) is 2.61. The molecule has 1 nitrogen and oxygen atoms in total. The molecule has 2 fully saturated rings. The summed E-state index contributed by atoms with van der Waals surface area (Å²) in [6.07, 6.45) is 5.10. The Morgan fingerprint density at radius 1 is 0.840 bits per heavy atom. The third-order valence-electron chi connectivity index (χ3n) is 6.40. The molecule has 2 aliphatic carbocycles. The van der Waals surface area contributed by atoms with Crippen molar-refractivity contribution in [1.82, 2.24) is 0 Å². The van der Waals surface area contributed by atoms with Gasteiger partial charge in [-0.25, -0.2) is 13.2 Å². The lowest BCUT2D eigenvalue weighted by atomic mass is 9.68. The van der Waals surface area contributed by atoms with Gasteiger partial charge in [0.2, 0.25) is 0 Å². The minimum Gasteiger partial charge on any atom is -0.375 e. The molecule has 2 aliphatic rings. The van der Waals surface area contributed by atoms with Gasteiger partial charge in [0.1, 0.15) is 18.5 Å². The standard InChI is InChI=1S/C21H37F3O/c1-3-5-7-13-25-19-12-10-16(14-18(19)22)17-11-9-15(8-6-4-2)20(23)21(17)24/h15-21H,3-14H2,1-2H3. The SMILES string of the molecule is CCCCCOC1CCC(C2CCC(CCCC)C(F)C2F)CC1F. The Morgan fingerprint density at radius 3 is 2.28 bits per heavy atom. The molecule has 0 bridgehead atoms. The first-order valence-corrected chi connectivity index (χ1v) is 10.6. The van der Waals surface area contributed by atoms with Crippen LogP contribution < -0.4 is 0 Å². The molecule has 0 saturated heterocycles. The van der Waals surface area contributed by atoms with Gasteiger partial charge in [-0.2, -0.15) is 0 Å². The Balaban J connectivity index is 1.79. The maximum absolute atomic E-state index is 14.7. The molecule has 0 amide bonds. The second-order valence-corrected chi connectivity index (χ2v) is 8.24. The Morgan fingerprint density at radius 2 is 1.60 bits per heavy atom. The van der Waals surface area contributed by atoms with Gasteiger partial charge in [-0.3, -0.25) is 0 Å². The van der Waals surface area contributed by atoms with E-state index in [0.29, 0.717) is 19.4 Å². The summed E-state index contributed by atoms with van der Waals surface area (Å²) >= 11 is 0. The number of alkyl halides is 3. The molecule has 7 unspecified atom stereocenters. The Hall–Kier alpha value is -0.250. The average molecular weight is 363 g/mol.